The normalized spacial score (nSPS) is 22.5. The molecule has 0 aromatic heterocycles. The van der Waals surface area contributed by atoms with Gasteiger partial charge in [0.15, 0.2) is 0 Å². The van der Waals surface area contributed by atoms with Crippen molar-refractivity contribution in [3.05, 3.63) is 29.8 Å². The van der Waals surface area contributed by atoms with Crippen molar-refractivity contribution in [2.75, 3.05) is 51.3 Å². The van der Waals surface area contributed by atoms with Crippen molar-refractivity contribution in [2.45, 2.75) is 25.4 Å². The smallest absolute Gasteiger partial charge is 0.0587 e. The van der Waals surface area contributed by atoms with Gasteiger partial charge in [-0.05, 0) is 31.0 Å². The Kier molecular flexibility index (Phi) is 5.12. The highest BCUT2D eigenvalue weighted by Gasteiger charge is 2.30. The molecule has 0 spiro atoms. The lowest BCUT2D eigenvalue weighted by Crippen LogP contribution is -2.50. The van der Waals surface area contributed by atoms with Gasteiger partial charge in [0.1, 0.15) is 0 Å². The van der Waals surface area contributed by atoms with Crippen molar-refractivity contribution >= 4 is 5.69 Å². The Hall–Kier alpha value is -1.10. The molecule has 0 amide bonds. The topological polar surface area (TPSA) is 27.7 Å². The van der Waals surface area contributed by atoms with Crippen LogP contribution in [-0.2, 0) is 11.3 Å². The van der Waals surface area contributed by atoms with Gasteiger partial charge in [0, 0.05) is 51.6 Å². The average molecular weight is 289 g/mol. The number of methoxy groups -OCH3 is 1. The highest BCUT2D eigenvalue weighted by Crippen LogP contribution is 2.27. The molecule has 2 aliphatic rings. The summed E-state index contributed by atoms with van der Waals surface area (Å²) in [5.41, 5.74) is 2.81. The number of hydrogen-bond acceptors (Lipinski definition) is 4. The number of rotatable bonds is 6. The first kappa shape index (κ1) is 14.8. The lowest BCUT2D eigenvalue weighted by atomic mass is 10.1. The summed E-state index contributed by atoms with van der Waals surface area (Å²) in [5, 5.41) is 3.47. The lowest BCUT2D eigenvalue weighted by Gasteiger charge is -2.39. The minimum Gasteiger partial charge on any atom is -0.383 e. The van der Waals surface area contributed by atoms with E-state index < -0.39 is 0 Å². The Balaban J connectivity index is 1.64. The zero-order valence-electron chi connectivity index (χ0n) is 13.1. The largest absolute Gasteiger partial charge is 0.383 e. The number of para-hydroxylation sites is 1. The van der Waals surface area contributed by atoms with Crippen molar-refractivity contribution in [1.29, 1.82) is 0 Å². The van der Waals surface area contributed by atoms with E-state index in [9.17, 15) is 0 Å². The molecule has 2 fully saturated rings. The zero-order chi connectivity index (χ0) is 14.5. The van der Waals surface area contributed by atoms with Gasteiger partial charge in [0.05, 0.1) is 6.61 Å². The van der Waals surface area contributed by atoms with E-state index in [4.69, 9.17) is 4.74 Å². The van der Waals surface area contributed by atoms with E-state index in [1.807, 2.05) is 0 Å². The number of fused-ring (bicyclic) bond motifs is 1. The third-order valence-electron chi connectivity index (χ3n) is 4.72. The van der Waals surface area contributed by atoms with E-state index in [0.717, 1.165) is 32.3 Å². The van der Waals surface area contributed by atoms with Crippen LogP contribution >= 0.6 is 0 Å². The maximum atomic E-state index is 5.10. The van der Waals surface area contributed by atoms with Gasteiger partial charge >= 0.3 is 0 Å². The summed E-state index contributed by atoms with van der Waals surface area (Å²) in [6, 6.07) is 9.60. The highest BCUT2D eigenvalue weighted by atomic mass is 16.5. The summed E-state index contributed by atoms with van der Waals surface area (Å²) in [4.78, 5) is 5.25. The van der Waals surface area contributed by atoms with Gasteiger partial charge in [-0.2, -0.15) is 0 Å². The molecule has 1 N–H and O–H groups in total. The van der Waals surface area contributed by atoms with Crippen LogP contribution in [0.15, 0.2) is 24.3 Å². The van der Waals surface area contributed by atoms with Crippen LogP contribution in [0, 0.1) is 0 Å². The molecule has 4 nitrogen and oxygen atoms in total. The molecule has 116 valence electrons. The summed E-state index contributed by atoms with van der Waals surface area (Å²) in [6.45, 7) is 7.46. The first-order valence-electron chi connectivity index (χ1n) is 8.15. The minimum atomic E-state index is 0.767. The van der Waals surface area contributed by atoms with Gasteiger partial charge in [0.25, 0.3) is 0 Å². The SMILES string of the molecule is COCCNCc1ccccc1N1CCN2CCCC2C1. The third kappa shape index (κ3) is 3.57. The summed E-state index contributed by atoms with van der Waals surface area (Å²) < 4.78 is 5.10. The van der Waals surface area contributed by atoms with Gasteiger partial charge in [-0.25, -0.2) is 0 Å². The fraction of sp³-hybridized carbons (Fsp3) is 0.647. The van der Waals surface area contributed by atoms with Gasteiger partial charge in [-0.3, -0.25) is 4.90 Å². The van der Waals surface area contributed by atoms with E-state index in [2.05, 4.69) is 39.4 Å². The molecule has 2 heterocycles. The van der Waals surface area contributed by atoms with Crippen LogP contribution in [0.5, 0.6) is 0 Å². The van der Waals surface area contributed by atoms with E-state index >= 15 is 0 Å². The molecular weight excluding hydrogens is 262 g/mol. The average Bonchev–Trinajstić information content (AvgIpc) is 2.99. The van der Waals surface area contributed by atoms with Crippen molar-refractivity contribution in [1.82, 2.24) is 10.2 Å². The predicted octanol–water partition coefficient (Wildman–Crippen LogP) is 1.71. The molecule has 0 radical (unpaired) electrons. The molecular formula is C17H27N3O. The number of nitrogens with zero attached hydrogens (tertiary/aromatic N) is 2. The number of benzene rings is 1. The first-order chi connectivity index (χ1) is 10.4. The fourth-order valence-electron chi connectivity index (χ4n) is 3.58. The molecule has 2 aliphatic heterocycles. The van der Waals surface area contributed by atoms with Crippen LogP contribution in [0.2, 0.25) is 0 Å². The van der Waals surface area contributed by atoms with E-state index in [0.29, 0.717) is 0 Å². The Labute approximate surface area is 128 Å². The second-order valence-electron chi connectivity index (χ2n) is 6.08. The first-order valence-corrected chi connectivity index (χ1v) is 8.15. The van der Waals surface area contributed by atoms with Crippen LogP contribution in [-0.4, -0.2) is 57.4 Å². The number of anilines is 1. The molecule has 2 saturated heterocycles. The summed E-state index contributed by atoms with van der Waals surface area (Å²) in [7, 11) is 1.75. The third-order valence-corrected chi connectivity index (χ3v) is 4.72. The van der Waals surface area contributed by atoms with Crippen LogP contribution in [0.25, 0.3) is 0 Å². The van der Waals surface area contributed by atoms with E-state index in [-0.39, 0.29) is 0 Å². The maximum absolute atomic E-state index is 5.10. The summed E-state index contributed by atoms with van der Waals surface area (Å²) in [6.07, 6.45) is 2.74. The second-order valence-corrected chi connectivity index (χ2v) is 6.08. The predicted molar refractivity (Wildman–Crippen MR) is 86.8 cm³/mol. The molecule has 0 saturated carbocycles. The molecule has 1 aromatic rings. The van der Waals surface area contributed by atoms with E-state index in [1.54, 1.807) is 7.11 Å². The van der Waals surface area contributed by atoms with Gasteiger partial charge < -0.3 is 15.0 Å². The number of nitrogens with one attached hydrogen (secondary N) is 1. The van der Waals surface area contributed by atoms with Crippen LogP contribution in [0.3, 0.4) is 0 Å². The molecule has 1 aromatic carbocycles. The molecule has 4 heteroatoms. The van der Waals surface area contributed by atoms with Crippen molar-refractivity contribution in [3.63, 3.8) is 0 Å². The summed E-state index contributed by atoms with van der Waals surface area (Å²) in [5.74, 6) is 0. The molecule has 21 heavy (non-hydrogen) atoms. The van der Waals surface area contributed by atoms with Gasteiger partial charge in [0.2, 0.25) is 0 Å². The lowest BCUT2D eigenvalue weighted by molar-refractivity contribution is 0.199. The minimum absolute atomic E-state index is 0.767. The Morgan fingerprint density at radius 3 is 3.05 bits per heavy atom. The maximum Gasteiger partial charge on any atom is 0.0587 e. The number of piperazine rings is 1. The molecule has 1 atom stereocenters. The van der Waals surface area contributed by atoms with E-state index in [1.165, 1.54) is 43.7 Å². The van der Waals surface area contributed by atoms with Crippen molar-refractivity contribution < 1.29 is 4.74 Å². The fourth-order valence-corrected chi connectivity index (χ4v) is 3.58. The van der Waals surface area contributed by atoms with Crippen molar-refractivity contribution in [3.8, 4) is 0 Å². The quantitative estimate of drug-likeness (QED) is 0.807. The zero-order valence-corrected chi connectivity index (χ0v) is 13.1. The molecule has 3 rings (SSSR count). The Bertz CT molecular complexity index is 451. The Morgan fingerprint density at radius 2 is 2.14 bits per heavy atom. The van der Waals surface area contributed by atoms with Crippen LogP contribution < -0.4 is 10.2 Å². The van der Waals surface area contributed by atoms with Gasteiger partial charge in [-0.1, -0.05) is 18.2 Å². The Morgan fingerprint density at radius 1 is 1.24 bits per heavy atom. The van der Waals surface area contributed by atoms with Gasteiger partial charge in [-0.15, -0.1) is 0 Å². The second kappa shape index (κ2) is 7.25. The monoisotopic (exact) mass is 289 g/mol. The standard InChI is InChI=1S/C17H27N3O/c1-21-12-8-18-13-15-5-2-3-7-17(15)20-11-10-19-9-4-6-16(19)14-20/h2-3,5,7,16,18H,4,6,8-14H2,1H3. The van der Waals surface area contributed by atoms with Crippen LogP contribution in [0.4, 0.5) is 5.69 Å². The van der Waals surface area contributed by atoms with Crippen LogP contribution in [0.1, 0.15) is 18.4 Å². The number of hydrogen-bond donors (Lipinski definition) is 1. The highest BCUT2D eigenvalue weighted by molar-refractivity contribution is 5.54. The van der Waals surface area contributed by atoms with Crippen molar-refractivity contribution in [2.24, 2.45) is 0 Å². The molecule has 1 unspecified atom stereocenters. The summed E-state index contributed by atoms with van der Waals surface area (Å²) >= 11 is 0. The molecule has 0 bridgehead atoms. The molecule has 0 aliphatic carbocycles. The number of ether oxygens (including phenoxy) is 1.